The van der Waals surface area contributed by atoms with Gasteiger partial charge in [-0.2, -0.15) is 0 Å². The second kappa shape index (κ2) is 4.06. The summed E-state index contributed by atoms with van der Waals surface area (Å²) in [6.45, 7) is 0.201. The van der Waals surface area contributed by atoms with Crippen molar-refractivity contribution in [1.82, 2.24) is 9.80 Å². The molecule has 8 heteroatoms. The molecule has 0 radical (unpaired) electrons. The maximum absolute atomic E-state index is 11.7. The van der Waals surface area contributed by atoms with Gasteiger partial charge in [-0.15, -0.1) is 0 Å². The lowest BCUT2D eigenvalue weighted by atomic mass is 10.00. The summed E-state index contributed by atoms with van der Waals surface area (Å²) in [5, 5.41) is 3.17. The van der Waals surface area contributed by atoms with E-state index in [0.29, 0.717) is 0 Å². The topological polar surface area (TPSA) is 106 Å². The number of nitrogens with zero attached hydrogens (tertiary/aromatic N) is 5. The van der Waals surface area contributed by atoms with Crippen LogP contribution in [-0.4, -0.2) is 54.2 Å². The van der Waals surface area contributed by atoms with Gasteiger partial charge in [-0.3, -0.25) is 19.3 Å². The van der Waals surface area contributed by atoms with Crippen LogP contribution in [0, 0.1) is 11.8 Å². The first kappa shape index (κ1) is 11.4. The van der Waals surface area contributed by atoms with Gasteiger partial charge in [-0.05, 0) is 5.53 Å². The zero-order chi connectivity index (χ0) is 12.6. The second-order valence-corrected chi connectivity index (χ2v) is 4.14. The molecule has 2 rings (SSSR count). The molecule has 90 valence electrons. The first-order valence-electron chi connectivity index (χ1n) is 5.16. The van der Waals surface area contributed by atoms with Gasteiger partial charge in [0.25, 0.3) is 0 Å². The van der Waals surface area contributed by atoms with Crippen LogP contribution in [0.4, 0.5) is 0 Å². The fourth-order valence-electron chi connectivity index (χ4n) is 2.31. The number of azide groups is 1. The van der Waals surface area contributed by atoms with E-state index < -0.39 is 11.8 Å². The van der Waals surface area contributed by atoms with Crippen LogP contribution in [0.15, 0.2) is 5.11 Å². The summed E-state index contributed by atoms with van der Waals surface area (Å²) in [5.74, 6) is -1.68. The number of imide groups is 1. The smallest absolute Gasteiger partial charge is 0.234 e. The number of likely N-dealkylation sites (tertiary alicyclic amines) is 2. The minimum atomic E-state index is -0.428. The van der Waals surface area contributed by atoms with Crippen LogP contribution >= 0.6 is 0 Å². The Labute approximate surface area is 96.8 Å². The van der Waals surface area contributed by atoms with Crippen LogP contribution in [0.1, 0.15) is 0 Å². The van der Waals surface area contributed by atoms with Gasteiger partial charge in [0.2, 0.25) is 17.7 Å². The van der Waals surface area contributed by atoms with Crippen LogP contribution in [0.2, 0.25) is 0 Å². The standard InChI is InChI=1S/C9H11N5O3/c1-13-8(16)5-3-14(4-6(5)9(13)17)7(15)2-11-12-10/h5-6H,2-4H2,1H3/t5-,6-/m0/s1. The molecular formula is C9H11N5O3. The van der Waals surface area contributed by atoms with E-state index in [0.717, 1.165) is 4.90 Å². The SMILES string of the molecule is CN1C(=O)[C@H]2CN(C(=O)CN=[N+]=[N-])C[C@@H]2C1=O. The minimum absolute atomic E-state index is 0.235. The third-order valence-electron chi connectivity index (χ3n) is 3.24. The molecule has 0 aromatic rings. The summed E-state index contributed by atoms with van der Waals surface area (Å²) >= 11 is 0. The van der Waals surface area contributed by atoms with Crippen molar-refractivity contribution in [2.24, 2.45) is 17.0 Å². The van der Waals surface area contributed by atoms with Crippen LogP contribution in [0.5, 0.6) is 0 Å². The van der Waals surface area contributed by atoms with Crippen LogP contribution < -0.4 is 0 Å². The van der Waals surface area contributed by atoms with Gasteiger partial charge < -0.3 is 4.90 Å². The highest BCUT2D eigenvalue weighted by molar-refractivity contribution is 6.06. The number of amides is 3. The number of hydrogen-bond acceptors (Lipinski definition) is 4. The summed E-state index contributed by atoms with van der Waals surface area (Å²) in [6, 6.07) is 0. The lowest BCUT2D eigenvalue weighted by Gasteiger charge is -2.17. The van der Waals surface area contributed by atoms with Crippen molar-refractivity contribution in [2.75, 3.05) is 26.7 Å². The van der Waals surface area contributed by atoms with Crippen molar-refractivity contribution in [3.05, 3.63) is 10.4 Å². The molecule has 2 heterocycles. The molecule has 0 spiro atoms. The van der Waals surface area contributed by atoms with Gasteiger partial charge in [0.15, 0.2) is 0 Å². The molecule has 8 nitrogen and oxygen atoms in total. The molecule has 2 aliphatic rings. The molecule has 0 unspecified atom stereocenters. The van der Waals surface area contributed by atoms with Crippen molar-refractivity contribution < 1.29 is 14.4 Å². The number of hydrogen-bond donors (Lipinski definition) is 0. The first-order chi connectivity index (χ1) is 8.06. The molecule has 0 N–H and O–H groups in total. The predicted molar refractivity (Wildman–Crippen MR) is 55.4 cm³/mol. The Bertz CT molecular complexity index is 418. The summed E-state index contributed by atoms with van der Waals surface area (Å²) < 4.78 is 0. The van der Waals surface area contributed by atoms with E-state index in [1.807, 2.05) is 0 Å². The fraction of sp³-hybridized carbons (Fsp3) is 0.667. The number of carbonyl (C=O) groups is 3. The Morgan fingerprint density at radius 3 is 2.41 bits per heavy atom. The molecule has 0 bridgehead atoms. The zero-order valence-electron chi connectivity index (χ0n) is 9.24. The molecule has 2 aliphatic heterocycles. The Kier molecular flexibility index (Phi) is 2.72. The predicted octanol–water partition coefficient (Wildman–Crippen LogP) is -0.630. The molecule has 0 aromatic heterocycles. The minimum Gasteiger partial charge on any atom is -0.341 e. The van der Waals surface area contributed by atoms with Crippen molar-refractivity contribution >= 4 is 17.7 Å². The Morgan fingerprint density at radius 1 is 1.41 bits per heavy atom. The van der Waals surface area contributed by atoms with Crippen molar-refractivity contribution in [1.29, 1.82) is 0 Å². The van der Waals surface area contributed by atoms with E-state index in [1.165, 1.54) is 11.9 Å². The summed E-state index contributed by atoms with van der Waals surface area (Å²) in [5.41, 5.74) is 8.11. The quantitative estimate of drug-likeness (QED) is 0.276. The maximum Gasteiger partial charge on any atom is 0.234 e. The third-order valence-corrected chi connectivity index (χ3v) is 3.24. The maximum atomic E-state index is 11.7. The number of rotatable bonds is 2. The van der Waals surface area contributed by atoms with Gasteiger partial charge in [-0.1, -0.05) is 5.11 Å². The highest BCUT2D eigenvalue weighted by Crippen LogP contribution is 2.32. The average Bonchev–Trinajstić information content (AvgIpc) is 2.84. The Morgan fingerprint density at radius 2 is 1.94 bits per heavy atom. The van der Waals surface area contributed by atoms with E-state index >= 15 is 0 Å². The van der Waals surface area contributed by atoms with Crippen molar-refractivity contribution in [3.8, 4) is 0 Å². The van der Waals surface area contributed by atoms with Crippen LogP contribution in [-0.2, 0) is 14.4 Å². The normalized spacial score (nSPS) is 27.1. The van der Waals surface area contributed by atoms with E-state index in [4.69, 9.17) is 5.53 Å². The highest BCUT2D eigenvalue weighted by atomic mass is 16.2. The monoisotopic (exact) mass is 237 g/mol. The Balaban J connectivity index is 2.06. The van der Waals surface area contributed by atoms with E-state index in [1.54, 1.807) is 0 Å². The van der Waals surface area contributed by atoms with Gasteiger partial charge >= 0.3 is 0 Å². The second-order valence-electron chi connectivity index (χ2n) is 4.14. The largest absolute Gasteiger partial charge is 0.341 e. The molecule has 0 saturated carbocycles. The molecule has 2 atom stereocenters. The van der Waals surface area contributed by atoms with Crippen LogP contribution in [0.25, 0.3) is 10.4 Å². The third kappa shape index (κ3) is 1.72. The lowest BCUT2D eigenvalue weighted by molar-refractivity contribution is -0.139. The molecule has 0 aromatic carbocycles. The first-order valence-corrected chi connectivity index (χ1v) is 5.16. The number of fused-ring (bicyclic) bond motifs is 1. The molecule has 2 fully saturated rings. The summed E-state index contributed by atoms with van der Waals surface area (Å²) in [6.07, 6.45) is 0. The molecule has 2 saturated heterocycles. The molecule has 17 heavy (non-hydrogen) atoms. The van der Waals surface area contributed by atoms with Crippen molar-refractivity contribution in [3.63, 3.8) is 0 Å². The molecular weight excluding hydrogens is 226 g/mol. The Hall–Kier alpha value is -2.08. The van der Waals surface area contributed by atoms with Gasteiger partial charge in [0.1, 0.15) is 6.54 Å². The lowest BCUT2D eigenvalue weighted by Crippen LogP contribution is -2.37. The van der Waals surface area contributed by atoms with E-state index in [2.05, 4.69) is 10.0 Å². The number of carbonyl (C=O) groups excluding carboxylic acids is 3. The molecule has 0 aliphatic carbocycles. The average molecular weight is 237 g/mol. The van der Waals surface area contributed by atoms with Gasteiger partial charge in [-0.25, -0.2) is 0 Å². The van der Waals surface area contributed by atoms with Gasteiger partial charge in [0.05, 0.1) is 11.8 Å². The van der Waals surface area contributed by atoms with Gasteiger partial charge in [0, 0.05) is 25.0 Å². The van der Waals surface area contributed by atoms with E-state index in [-0.39, 0.29) is 37.4 Å². The van der Waals surface area contributed by atoms with Crippen molar-refractivity contribution in [2.45, 2.75) is 0 Å². The highest BCUT2D eigenvalue weighted by Gasteiger charge is 2.51. The van der Waals surface area contributed by atoms with E-state index in [9.17, 15) is 14.4 Å². The fourth-order valence-corrected chi connectivity index (χ4v) is 2.31. The summed E-state index contributed by atoms with van der Waals surface area (Å²) in [4.78, 5) is 39.9. The van der Waals surface area contributed by atoms with Crippen LogP contribution in [0.3, 0.4) is 0 Å². The summed E-state index contributed by atoms with van der Waals surface area (Å²) in [7, 11) is 1.45. The zero-order valence-corrected chi connectivity index (χ0v) is 9.24. The molecule has 3 amide bonds.